The molecule has 0 spiro atoms. The summed E-state index contributed by atoms with van der Waals surface area (Å²) in [7, 11) is -3.76. The predicted octanol–water partition coefficient (Wildman–Crippen LogP) is 3.74. The number of benzene rings is 3. The van der Waals surface area contributed by atoms with Crippen LogP contribution in [0.4, 0.5) is 5.69 Å². The highest BCUT2D eigenvalue weighted by molar-refractivity contribution is 7.92. The number of aryl methyl sites for hydroxylation is 1. The molecular formula is C27H31N3O4S. The Morgan fingerprint density at radius 1 is 1.00 bits per heavy atom. The number of morpholine rings is 1. The third-order valence-corrected chi connectivity index (χ3v) is 7.62. The number of carbonyl (C=O) groups is 1. The first-order valence-corrected chi connectivity index (χ1v) is 13.2. The van der Waals surface area contributed by atoms with Gasteiger partial charge < -0.3 is 10.1 Å². The molecule has 8 heteroatoms. The fourth-order valence-corrected chi connectivity index (χ4v) is 5.17. The Morgan fingerprint density at radius 2 is 1.74 bits per heavy atom. The third-order valence-electron chi connectivity index (χ3n) is 6.24. The highest BCUT2D eigenvalue weighted by Crippen LogP contribution is 2.22. The summed E-state index contributed by atoms with van der Waals surface area (Å²) in [6.45, 7) is 7.24. The molecule has 1 unspecified atom stereocenters. The van der Waals surface area contributed by atoms with Gasteiger partial charge in [-0.25, -0.2) is 8.42 Å². The predicted molar refractivity (Wildman–Crippen MR) is 137 cm³/mol. The van der Waals surface area contributed by atoms with E-state index in [0.29, 0.717) is 24.4 Å². The maximum absolute atomic E-state index is 12.8. The number of nitrogens with zero attached hydrogens (tertiary/aromatic N) is 1. The van der Waals surface area contributed by atoms with E-state index in [2.05, 4.69) is 27.1 Å². The molecule has 1 atom stereocenters. The molecular weight excluding hydrogens is 462 g/mol. The van der Waals surface area contributed by atoms with Crippen LogP contribution in [0.15, 0.2) is 77.7 Å². The van der Waals surface area contributed by atoms with Crippen molar-refractivity contribution in [3.05, 3.63) is 95.1 Å². The molecule has 184 valence electrons. The minimum atomic E-state index is -3.76. The molecule has 2 N–H and O–H groups in total. The Labute approximate surface area is 207 Å². The Morgan fingerprint density at radius 3 is 2.49 bits per heavy atom. The maximum atomic E-state index is 12.8. The molecule has 0 bridgehead atoms. The molecule has 3 aromatic rings. The molecule has 3 aromatic carbocycles. The maximum Gasteiger partial charge on any atom is 0.261 e. The lowest BCUT2D eigenvalue weighted by Gasteiger charge is -2.33. The number of amides is 1. The van der Waals surface area contributed by atoms with Crippen LogP contribution in [0, 0.1) is 13.8 Å². The van der Waals surface area contributed by atoms with E-state index < -0.39 is 10.0 Å². The molecule has 0 radical (unpaired) electrons. The fraction of sp³-hybridized carbons (Fsp3) is 0.296. The summed E-state index contributed by atoms with van der Waals surface area (Å²) in [6, 6.07) is 21.7. The summed E-state index contributed by atoms with van der Waals surface area (Å²) in [5, 5.41) is 2.91. The minimum absolute atomic E-state index is 0.0992. The molecule has 1 heterocycles. The van der Waals surface area contributed by atoms with Crippen LogP contribution in [0.3, 0.4) is 0 Å². The van der Waals surface area contributed by atoms with Crippen LogP contribution in [0.25, 0.3) is 0 Å². The summed E-state index contributed by atoms with van der Waals surface area (Å²) in [6.07, 6.45) is -0.0992. The Balaban J connectivity index is 1.32. The number of anilines is 1. The van der Waals surface area contributed by atoms with E-state index in [9.17, 15) is 13.2 Å². The van der Waals surface area contributed by atoms with Gasteiger partial charge in [-0.1, -0.05) is 42.5 Å². The van der Waals surface area contributed by atoms with Crippen LogP contribution in [0.5, 0.6) is 0 Å². The van der Waals surface area contributed by atoms with E-state index in [1.54, 1.807) is 6.07 Å². The standard InChI is InChI=1S/C27H31N3O4S/c1-20-7-6-10-26(21(20)2)29-35(32,33)25-13-11-23(12-14-25)27(31)28-17-24-19-30(15-16-34-24)18-22-8-4-3-5-9-22/h3-14,24,29H,15-19H2,1-2H3,(H,28,31). The van der Waals surface area contributed by atoms with Crippen LogP contribution < -0.4 is 10.0 Å². The zero-order chi connectivity index (χ0) is 24.8. The number of hydrogen-bond acceptors (Lipinski definition) is 5. The van der Waals surface area contributed by atoms with Crippen LogP contribution >= 0.6 is 0 Å². The summed E-state index contributed by atoms with van der Waals surface area (Å²) in [4.78, 5) is 15.1. The first-order chi connectivity index (χ1) is 16.8. The topological polar surface area (TPSA) is 87.7 Å². The highest BCUT2D eigenvalue weighted by atomic mass is 32.2. The van der Waals surface area contributed by atoms with E-state index in [-0.39, 0.29) is 16.9 Å². The van der Waals surface area contributed by atoms with Crippen molar-refractivity contribution in [3.63, 3.8) is 0 Å². The Hall–Kier alpha value is -3.20. The van der Waals surface area contributed by atoms with Crippen molar-refractivity contribution in [3.8, 4) is 0 Å². The second-order valence-corrected chi connectivity index (χ2v) is 10.5. The largest absolute Gasteiger partial charge is 0.374 e. The second kappa shape index (κ2) is 11.0. The van der Waals surface area contributed by atoms with Crippen molar-refractivity contribution in [2.75, 3.05) is 31.0 Å². The molecule has 1 fully saturated rings. The lowest BCUT2D eigenvalue weighted by molar-refractivity contribution is -0.0292. The van der Waals surface area contributed by atoms with E-state index in [0.717, 1.165) is 30.8 Å². The van der Waals surface area contributed by atoms with E-state index >= 15 is 0 Å². The van der Waals surface area contributed by atoms with Gasteiger partial charge >= 0.3 is 0 Å². The number of hydrogen-bond donors (Lipinski definition) is 2. The fourth-order valence-electron chi connectivity index (χ4n) is 4.05. The molecule has 4 rings (SSSR count). The van der Waals surface area contributed by atoms with Crippen molar-refractivity contribution >= 4 is 21.6 Å². The molecule has 0 aromatic heterocycles. The van der Waals surface area contributed by atoms with Crippen molar-refractivity contribution in [1.82, 2.24) is 10.2 Å². The number of carbonyl (C=O) groups excluding carboxylic acids is 1. The zero-order valence-electron chi connectivity index (χ0n) is 20.0. The monoisotopic (exact) mass is 493 g/mol. The van der Waals surface area contributed by atoms with Gasteiger partial charge in [-0.15, -0.1) is 0 Å². The average Bonchev–Trinajstić information content (AvgIpc) is 2.86. The van der Waals surface area contributed by atoms with Gasteiger partial charge in [0.1, 0.15) is 0 Å². The van der Waals surface area contributed by atoms with Crippen molar-refractivity contribution in [1.29, 1.82) is 0 Å². The van der Waals surface area contributed by atoms with E-state index in [1.165, 1.54) is 29.8 Å². The van der Waals surface area contributed by atoms with Crippen LogP contribution in [0.1, 0.15) is 27.0 Å². The number of ether oxygens (including phenoxy) is 1. The van der Waals surface area contributed by atoms with Gasteiger partial charge in [-0.05, 0) is 60.9 Å². The highest BCUT2D eigenvalue weighted by Gasteiger charge is 2.22. The number of rotatable bonds is 8. The molecule has 1 aliphatic heterocycles. The van der Waals surface area contributed by atoms with Gasteiger partial charge in [0.05, 0.1) is 23.3 Å². The van der Waals surface area contributed by atoms with Gasteiger partial charge in [0.25, 0.3) is 15.9 Å². The SMILES string of the molecule is Cc1cccc(NS(=O)(=O)c2ccc(C(=O)NCC3CN(Cc4ccccc4)CCO3)cc2)c1C. The summed E-state index contributed by atoms with van der Waals surface area (Å²) in [5.74, 6) is -0.264. The molecule has 35 heavy (non-hydrogen) atoms. The lowest BCUT2D eigenvalue weighted by Crippen LogP contribution is -2.47. The summed E-state index contributed by atoms with van der Waals surface area (Å²) >= 11 is 0. The van der Waals surface area contributed by atoms with Gasteiger partial charge in [-0.3, -0.25) is 14.4 Å². The Kier molecular flexibility index (Phi) is 7.85. The molecule has 0 aliphatic carbocycles. The van der Waals surface area contributed by atoms with Crippen molar-refractivity contribution in [2.45, 2.75) is 31.4 Å². The normalized spacial score (nSPS) is 16.6. The van der Waals surface area contributed by atoms with Gasteiger partial charge in [0.15, 0.2) is 0 Å². The molecule has 7 nitrogen and oxygen atoms in total. The summed E-state index contributed by atoms with van der Waals surface area (Å²) < 4.78 is 34.1. The lowest BCUT2D eigenvalue weighted by atomic mass is 10.1. The summed E-state index contributed by atoms with van der Waals surface area (Å²) in [5.41, 5.74) is 4.06. The molecule has 1 amide bonds. The number of nitrogens with one attached hydrogen (secondary N) is 2. The van der Waals surface area contributed by atoms with Gasteiger partial charge in [0, 0.05) is 31.7 Å². The molecule has 1 aliphatic rings. The van der Waals surface area contributed by atoms with E-state index in [1.807, 2.05) is 44.2 Å². The van der Waals surface area contributed by atoms with Crippen LogP contribution in [0.2, 0.25) is 0 Å². The molecule has 0 saturated carbocycles. The first-order valence-electron chi connectivity index (χ1n) is 11.7. The van der Waals surface area contributed by atoms with Crippen molar-refractivity contribution < 1.29 is 17.9 Å². The molecule has 1 saturated heterocycles. The first kappa shape index (κ1) is 24.9. The average molecular weight is 494 g/mol. The van der Waals surface area contributed by atoms with Gasteiger partial charge in [-0.2, -0.15) is 0 Å². The van der Waals surface area contributed by atoms with Crippen molar-refractivity contribution in [2.24, 2.45) is 0 Å². The zero-order valence-corrected chi connectivity index (χ0v) is 20.8. The van der Waals surface area contributed by atoms with E-state index in [4.69, 9.17) is 4.74 Å². The Bertz CT molecular complexity index is 1260. The minimum Gasteiger partial charge on any atom is -0.374 e. The third kappa shape index (κ3) is 6.48. The van der Waals surface area contributed by atoms with Gasteiger partial charge in [0.2, 0.25) is 0 Å². The second-order valence-electron chi connectivity index (χ2n) is 8.80. The van der Waals surface area contributed by atoms with Crippen LogP contribution in [-0.2, 0) is 21.3 Å². The van der Waals surface area contributed by atoms with Crippen LogP contribution in [-0.4, -0.2) is 51.6 Å². The smallest absolute Gasteiger partial charge is 0.261 e. The quantitative estimate of drug-likeness (QED) is 0.499. The number of sulfonamides is 1.